The van der Waals surface area contributed by atoms with Crippen LogP contribution in [0.4, 0.5) is 18.4 Å². The lowest BCUT2D eigenvalue weighted by molar-refractivity contribution is -0.141. The van der Waals surface area contributed by atoms with E-state index in [9.17, 15) is 28.3 Å². The number of ether oxygens (including phenoxy) is 2. The lowest BCUT2D eigenvalue weighted by Gasteiger charge is -2.36. The third-order valence-corrected chi connectivity index (χ3v) is 3.61. The van der Waals surface area contributed by atoms with Crippen molar-refractivity contribution in [2.24, 2.45) is 10.9 Å². The van der Waals surface area contributed by atoms with Crippen LogP contribution in [-0.4, -0.2) is 54.6 Å². The number of rotatable bonds is 4. The molecule has 25 heavy (non-hydrogen) atoms. The number of urea groups is 1. The number of aliphatic imine (C=N–C) groups is 1. The normalized spacial score (nSPS) is 20.2. The molecule has 0 saturated carbocycles. The quantitative estimate of drug-likeness (QED) is 0.884. The first-order chi connectivity index (χ1) is 11.8. The van der Waals surface area contributed by atoms with E-state index in [2.05, 4.69) is 9.73 Å². The summed E-state index contributed by atoms with van der Waals surface area (Å²) in [6.07, 6.45) is -1.17. The summed E-state index contributed by atoms with van der Waals surface area (Å²) in [7, 11) is 2.26. The van der Waals surface area contributed by atoms with Crippen LogP contribution < -0.4 is 0 Å². The third kappa shape index (κ3) is 3.48. The molecule has 0 spiro atoms. The van der Waals surface area contributed by atoms with Crippen LogP contribution in [0.2, 0.25) is 0 Å². The van der Waals surface area contributed by atoms with Gasteiger partial charge in [-0.3, -0.25) is 4.79 Å². The fraction of sp³-hybridized carbons (Fsp3) is 0.333. The van der Waals surface area contributed by atoms with E-state index in [4.69, 9.17) is 4.74 Å². The molecule has 0 aromatic heterocycles. The molecule has 1 heterocycles. The van der Waals surface area contributed by atoms with Gasteiger partial charge < -0.3 is 14.6 Å². The minimum Gasteiger partial charge on any atom is -0.481 e. The van der Waals surface area contributed by atoms with Gasteiger partial charge in [0.05, 0.1) is 25.5 Å². The van der Waals surface area contributed by atoms with Crippen LogP contribution in [0.5, 0.6) is 0 Å². The molecule has 1 aliphatic rings. The van der Waals surface area contributed by atoms with Crippen LogP contribution in [0, 0.1) is 17.6 Å². The van der Waals surface area contributed by atoms with Crippen LogP contribution in [0.25, 0.3) is 0 Å². The van der Waals surface area contributed by atoms with Crippen molar-refractivity contribution in [3.63, 3.8) is 0 Å². The van der Waals surface area contributed by atoms with Crippen molar-refractivity contribution in [2.75, 3.05) is 20.8 Å². The maximum atomic E-state index is 13.6. The fourth-order valence-corrected chi connectivity index (χ4v) is 2.57. The molecule has 1 aromatic carbocycles. The molecule has 0 aliphatic carbocycles. The number of amides is 3. The summed E-state index contributed by atoms with van der Waals surface area (Å²) in [5, 5.41) is 9.56. The molecule has 0 saturated heterocycles. The Kier molecular flexibility index (Phi) is 5.42. The van der Waals surface area contributed by atoms with Gasteiger partial charge in [0.2, 0.25) is 0 Å². The molecule has 3 amide bonds. The summed E-state index contributed by atoms with van der Waals surface area (Å²) in [4.78, 5) is 39.9. The van der Waals surface area contributed by atoms with Crippen molar-refractivity contribution in [1.29, 1.82) is 0 Å². The van der Waals surface area contributed by atoms with E-state index in [1.54, 1.807) is 0 Å². The number of carbonyl (C=O) groups is 3. The summed E-state index contributed by atoms with van der Waals surface area (Å²) >= 11 is 0. The van der Waals surface area contributed by atoms with Gasteiger partial charge in [-0.05, 0) is 17.7 Å². The monoisotopic (exact) mass is 356 g/mol. The van der Waals surface area contributed by atoms with E-state index in [0.717, 1.165) is 25.3 Å². The van der Waals surface area contributed by atoms with Crippen LogP contribution in [0.1, 0.15) is 11.6 Å². The Morgan fingerprint density at radius 3 is 2.48 bits per heavy atom. The molecule has 0 radical (unpaired) electrons. The number of hydrogen-bond acceptors (Lipinski definition) is 5. The average molecular weight is 356 g/mol. The highest BCUT2D eigenvalue weighted by Gasteiger charge is 2.47. The molecule has 0 fully saturated rings. The van der Waals surface area contributed by atoms with Crippen molar-refractivity contribution in [1.82, 2.24) is 4.90 Å². The molecule has 134 valence electrons. The largest absolute Gasteiger partial charge is 0.481 e. The van der Waals surface area contributed by atoms with E-state index < -0.39 is 41.7 Å². The van der Waals surface area contributed by atoms with Crippen molar-refractivity contribution in [2.45, 2.75) is 6.04 Å². The number of aliphatic carboxylic acids is 1. The number of carboxylic acid groups (broad SMARTS) is 1. The number of methoxy groups -OCH3 is 2. The number of carboxylic acids is 1. The van der Waals surface area contributed by atoms with E-state index in [1.807, 2.05) is 0 Å². The van der Waals surface area contributed by atoms with Crippen molar-refractivity contribution in [3.8, 4) is 0 Å². The van der Waals surface area contributed by atoms with Gasteiger partial charge in [0, 0.05) is 7.11 Å². The average Bonchev–Trinajstić information content (AvgIpc) is 2.56. The SMILES string of the molecule is COCC1=NC(=O)N(C(=O)OC)C(c2ccc(F)c(F)c2)C1C(=O)O. The van der Waals surface area contributed by atoms with E-state index >= 15 is 0 Å². The van der Waals surface area contributed by atoms with Gasteiger partial charge in [0.15, 0.2) is 11.6 Å². The zero-order chi connectivity index (χ0) is 18.7. The highest BCUT2D eigenvalue weighted by Crippen LogP contribution is 2.35. The van der Waals surface area contributed by atoms with Gasteiger partial charge >= 0.3 is 18.1 Å². The van der Waals surface area contributed by atoms with Gasteiger partial charge in [-0.15, -0.1) is 0 Å². The Hall–Kier alpha value is -2.88. The first-order valence-corrected chi connectivity index (χ1v) is 6.97. The van der Waals surface area contributed by atoms with Crippen LogP contribution in [-0.2, 0) is 14.3 Å². The predicted molar refractivity (Wildman–Crippen MR) is 79.2 cm³/mol. The van der Waals surface area contributed by atoms with Crippen molar-refractivity contribution in [3.05, 3.63) is 35.4 Å². The molecular weight excluding hydrogens is 342 g/mol. The number of nitrogens with zero attached hydrogens (tertiary/aromatic N) is 2. The maximum absolute atomic E-state index is 13.6. The standard InChI is InChI=1S/C15H14F2N2O6/c1-24-6-10-11(13(20)21)12(7-3-4-8(16)9(17)5-7)19(14(22)18-10)15(23)25-2/h3-5,11-12H,6H2,1-2H3,(H,20,21). The van der Waals surface area contributed by atoms with Gasteiger partial charge in [-0.2, -0.15) is 4.99 Å². The summed E-state index contributed by atoms with van der Waals surface area (Å²) in [6, 6.07) is -0.000610. The topological polar surface area (TPSA) is 106 Å². The molecule has 8 nitrogen and oxygen atoms in total. The maximum Gasteiger partial charge on any atom is 0.418 e. The van der Waals surface area contributed by atoms with Crippen LogP contribution in [0.3, 0.4) is 0 Å². The Labute approximate surface area is 140 Å². The number of imide groups is 1. The summed E-state index contributed by atoms with van der Waals surface area (Å²) in [5.74, 6) is -5.35. The molecule has 10 heteroatoms. The Bertz CT molecular complexity index is 752. The van der Waals surface area contributed by atoms with Crippen molar-refractivity contribution < 1.29 is 37.7 Å². The minimum atomic E-state index is -1.51. The van der Waals surface area contributed by atoms with Gasteiger partial charge in [0.1, 0.15) is 5.92 Å². The Morgan fingerprint density at radius 1 is 1.28 bits per heavy atom. The first kappa shape index (κ1) is 18.5. The minimum absolute atomic E-state index is 0.103. The van der Waals surface area contributed by atoms with Gasteiger partial charge in [0.25, 0.3) is 0 Å². The van der Waals surface area contributed by atoms with E-state index in [-0.39, 0.29) is 17.9 Å². The molecule has 1 aromatic rings. The smallest absolute Gasteiger partial charge is 0.418 e. The second-order valence-corrected chi connectivity index (χ2v) is 5.09. The molecule has 1 aliphatic heterocycles. The number of hydrogen-bond donors (Lipinski definition) is 1. The fourth-order valence-electron chi connectivity index (χ4n) is 2.57. The molecule has 2 unspecified atom stereocenters. The van der Waals surface area contributed by atoms with E-state index in [0.29, 0.717) is 4.90 Å². The first-order valence-electron chi connectivity index (χ1n) is 6.97. The second-order valence-electron chi connectivity index (χ2n) is 5.09. The zero-order valence-electron chi connectivity index (χ0n) is 13.2. The van der Waals surface area contributed by atoms with E-state index in [1.165, 1.54) is 7.11 Å². The van der Waals surface area contributed by atoms with Crippen LogP contribution >= 0.6 is 0 Å². The van der Waals surface area contributed by atoms with Gasteiger partial charge in [-0.1, -0.05) is 6.07 Å². The van der Waals surface area contributed by atoms with Crippen molar-refractivity contribution >= 4 is 23.8 Å². The number of carbonyl (C=O) groups excluding carboxylic acids is 2. The number of benzene rings is 1. The summed E-state index contributed by atoms with van der Waals surface area (Å²) in [6.45, 7) is -0.294. The Balaban J connectivity index is 2.66. The zero-order valence-corrected chi connectivity index (χ0v) is 13.2. The highest BCUT2D eigenvalue weighted by molar-refractivity contribution is 6.12. The lowest BCUT2D eigenvalue weighted by Crippen LogP contribution is -2.50. The predicted octanol–water partition coefficient (Wildman–Crippen LogP) is 2.00. The molecule has 1 N–H and O–H groups in total. The number of halogens is 2. The lowest BCUT2D eigenvalue weighted by atomic mass is 9.86. The van der Waals surface area contributed by atoms with Crippen LogP contribution in [0.15, 0.2) is 23.2 Å². The molecule has 0 bridgehead atoms. The Morgan fingerprint density at radius 2 is 1.96 bits per heavy atom. The second kappa shape index (κ2) is 7.34. The third-order valence-electron chi connectivity index (χ3n) is 3.61. The molecular formula is C15H14F2N2O6. The molecule has 2 rings (SSSR count). The highest BCUT2D eigenvalue weighted by atomic mass is 19.2. The molecule has 2 atom stereocenters. The van der Waals surface area contributed by atoms with Gasteiger partial charge in [-0.25, -0.2) is 23.3 Å². The summed E-state index contributed by atoms with van der Waals surface area (Å²) < 4.78 is 36.2. The summed E-state index contributed by atoms with van der Waals surface area (Å²) in [5.41, 5.74) is -0.261.